The highest BCUT2D eigenvalue weighted by molar-refractivity contribution is 7.98. The predicted octanol–water partition coefficient (Wildman–Crippen LogP) is 4.58. The maximum Gasteiger partial charge on any atom is 0.119 e. The lowest BCUT2D eigenvalue weighted by molar-refractivity contribution is 0.282. The maximum atomic E-state index is 9.01. The van der Waals surface area contributed by atoms with E-state index in [-0.39, 0.29) is 6.61 Å². The van der Waals surface area contributed by atoms with Crippen LogP contribution in [0.25, 0.3) is 0 Å². The third kappa shape index (κ3) is 6.12. The Labute approximate surface area is 137 Å². The minimum absolute atomic E-state index is 0.119. The third-order valence-electron chi connectivity index (χ3n) is 3.42. The van der Waals surface area contributed by atoms with Crippen molar-refractivity contribution in [2.45, 2.75) is 32.1 Å². The Balaban J connectivity index is 1.54. The lowest BCUT2D eigenvalue weighted by atomic mass is 10.2. The van der Waals surface area contributed by atoms with Crippen LogP contribution in [0.2, 0.25) is 0 Å². The lowest BCUT2D eigenvalue weighted by Crippen LogP contribution is -1.98. The molecule has 0 spiro atoms. The van der Waals surface area contributed by atoms with Gasteiger partial charge in [-0.05, 0) is 54.3 Å². The van der Waals surface area contributed by atoms with Crippen molar-refractivity contribution in [3.63, 3.8) is 0 Å². The highest BCUT2D eigenvalue weighted by atomic mass is 32.2. The van der Waals surface area contributed by atoms with Gasteiger partial charge in [0.2, 0.25) is 0 Å². The smallest absolute Gasteiger partial charge is 0.119 e. The Hall–Kier alpha value is -1.45. The molecule has 118 valence electrons. The number of aliphatic hydroxyl groups is 1. The fourth-order valence-electron chi connectivity index (χ4n) is 2.13. The average molecular weight is 316 g/mol. The van der Waals surface area contributed by atoms with Crippen molar-refractivity contribution in [1.82, 2.24) is 0 Å². The summed E-state index contributed by atoms with van der Waals surface area (Å²) in [6.45, 7) is 2.99. The minimum atomic E-state index is 0.119. The van der Waals surface area contributed by atoms with Gasteiger partial charge in [-0.25, -0.2) is 0 Å². The van der Waals surface area contributed by atoms with E-state index >= 15 is 0 Å². The molecule has 0 aliphatic rings. The van der Waals surface area contributed by atoms with Crippen molar-refractivity contribution in [3.8, 4) is 5.75 Å². The first kappa shape index (κ1) is 16.9. The highest BCUT2D eigenvalue weighted by Gasteiger charge is 1.97. The van der Waals surface area contributed by atoms with Crippen LogP contribution in [-0.2, 0) is 12.4 Å². The van der Waals surface area contributed by atoms with Gasteiger partial charge in [0, 0.05) is 5.75 Å². The third-order valence-corrected chi connectivity index (χ3v) is 4.53. The summed E-state index contributed by atoms with van der Waals surface area (Å²) in [5.74, 6) is 3.15. The van der Waals surface area contributed by atoms with E-state index in [2.05, 4.69) is 31.2 Å². The summed E-state index contributed by atoms with van der Waals surface area (Å²) in [4.78, 5) is 0. The first-order valence-electron chi connectivity index (χ1n) is 7.74. The Morgan fingerprint density at radius 3 is 2.50 bits per heavy atom. The molecule has 0 aliphatic heterocycles. The lowest BCUT2D eigenvalue weighted by Gasteiger charge is -2.07. The number of aliphatic hydroxyl groups excluding tert-OH is 1. The summed E-state index contributed by atoms with van der Waals surface area (Å²) in [5.41, 5.74) is 3.53. The molecule has 0 aromatic heterocycles. The largest absolute Gasteiger partial charge is 0.494 e. The molecule has 1 N–H and O–H groups in total. The summed E-state index contributed by atoms with van der Waals surface area (Å²) in [7, 11) is 0. The van der Waals surface area contributed by atoms with Crippen LogP contribution in [0.4, 0.5) is 0 Å². The molecule has 2 aromatic carbocycles. The molecule has 0 fully saturated rings. The fourth-order valence-corrected chi connectivity index (χ4v) is 3.11. The van der Waals surface area contributed by atoms with E-state index in [1.165, 1.54) is 17.5 Å². The number of aryl methyl sites for hydroxylation is 1. The standard InChI is InChI=1S/C19H24O2S/c1-16-5-4-6-19(13-16)21-11-2-3-12-22-15-18-9-7-17(14-20)8-10-18/h4-10,13,20H,2-3,11-12,14-15H2,1H3. The van der Waals surface area contributed by atoms with Crippen LogP contribution in [0.3, 0.4) is 0 Å². The van der Waals surface area contributed by atoms with E-state index < -0.39 is 0 Å². The summed E-state index contributed by atoms with van der Waals surface area (Å²) >= 11 is 1.95. The monoisotopic (exact) mass is 316 g/mol. The Bertz CT molecular complexity index is 552. The van der Waals surface area contributed by atoms with Gasteiger partial charge in [0.25, 0.3) is 0 Å². The molecule has 2 aromatic rings. The Kier molecular flexibility index (Phi) is 7.34. The first-order valence-corrected chi connectivity index (χ1v) is 8.89. The van der Waals surface area contributed by atoms with Crippen LogP contribution < -0.4 is 4.74 Å². The second-order valence-electron chi connectivity index (χ2n) is 5.40. The van der Waals surface area contributed by atoms with E-state index in [0.29, 0.717) is 0 Å². The molecule has 0 atom stereocenters. The number of unbranched alkanes of at least 4 members (excludes halogenated alkanes) is 1. The van der Waals surface area contributed by atoms with E-state index in [1.807, 2.05) is 36.0 Å². The number of ether oxygens (including phenoxy) is 1. The molecule has 2 nitrogen and oxygen atoms in total. The van der Waals surface area contributed by atoms with Crippen LogP contribution in [-0.4, -0.2) is 17.5 Å². The van der Waals surface area contributed by atoms with E-state index in [9.17, 15) is 0 Å². The number of thioether (sulfide) groups is 1. The molecule has 0 amide bonds. The predicted molar refractivity (Wildman–Crippen MR) is 94.4 cm³/mol. The zero-order valence-corrected chi connectivity index (χ0v) is 13.9. The van der Waals surface area contributed by atoms with Crippen LogP contribution in [0.1, 0.15) is 29.5 Å². The number of benzene rings is 2. The van der Waals surface area contributed by atoms with Gasteiger partial charge in [-0.1, -0.05) is 36.4 Å². The van der Waals surface area contributed by atoms with Crippen molar-refractivity contribution in [1.29, 1.82) is 0 Å². The first-order chi connectivity index (χ1) is 10.8. The van der Waals surface area contributed by atoms with Crippen molar-refractivity contribution in [3.05, 3.63) is 65.2 Å². The van der Waals surface area contributed by atoms with Crippen molar-refractivity contribution in [2.24, 2.45) is 0 Å². The summed E-state index contributed by atoms with van der Waals surface area (Å²) < 4.78 is 5.74. The van der Waals surface area contributed by atoms with Crippen molar-refractivity contribution in [2.75, 3.05) is 12.4 Å². The zero-order valence-electron chi connectivity index (χ0n) is 13.1. The zero-order chi connectivity index (χ0) is 15.6. The molecule has 3 heteroatoms. The van der Waals surface area contributed by atoms with Crippen LogP contribution in [0, 0.1) is 6.92 Å². The van der Waals surface area contributed by atoms with E-state index in [0.717, 1.165) is 35.8 Å². The van der Waals surface area contributed by atoms with Gasteiger partial charge in [0.05, 0.1) is 13.2 Å². The molecule has 0 radical (unpaired) electrons. The van der Waals surface area contributed by atoms with Crippen molar-refractivity contribution >= 4 is 11.8 Å². The summed E-state index contributed by atoms with van der Waals surface area (Å²) in [6.07, 6.45) is 2.26. The van der Waals surface area contributed by atoms with Gasteiger partial charge in [-0.2, -0.15) is 11.8 Å². The van der Waals surface area contributed by atoms with Crippen LogP contribution in [0.5, 0.6) is 5.75 Å². The van der Waals surface area contributed by atoms with E-state index in [4.69, 9.17) is 9.84 Å². The molecule has 0 saturated heterocycles. The summed E-state index contributed by atoms with van der Waals surface area (Å²) in [5, 5.41) is 9.01. The molecule has 0 aliphatic carbocycles. The Morgan fingerprint density at radius 2 is 1.77 bits per heavy atom. The molecule has 0 unspecified atom stereocenters. The number of hydrogen-bond acceptors (Lipinski definition) is 3. The SMILES string of the molecule is Cc1cccc(OCCCCSCc2ccc(CO)cc2)c1. The molecule has 0 saturated carbocycles. The fraction of sp³-hybridized carbons (Fsp3) is 0.368. The molecular weight excluding hydrogens is 292 g/mol. The number of hydrogen-bond donors (Lipinski definition) is 1. The number of rotatable bonds is 9. The van der Waals surface area contributed by atoms with Gasteiger partial charge >= 0.3 is 0 Å². The Morgan fingerprint density at radius 1 is 1.00 bits per heavy atom. The van der Waals surface area contributed by atoms with Gasteiger partial charge < -0.3 is 9.84 Å². The highest BCUT2D eigenvalue weighted by Crippen LogP contribution is 2.16. The van der Waals surface area contributed by atoms with Gasteiger partial charge in [0.1, 0.15) is 5.75 Å². The maximum absolute atomic E-state index is 9.01. The minimum Gasteiger partial charge on any atom is -0.494 e. The second kappa shape index (κ2) is 9.54. The normalized spacial score (nSPS) is 10.6. The molecule has 0 bridgehead atoms. The van der Waals surface area contributed by atoms with Gasteiger partial charge in [-0.3, -0.25) is 0 Å². The van der Waals surface area contributed by atoms with Gasteiger partial charge in [-0.15, -0.1) is 0 Å². The van der Waals surface area contributed by atoms with Crippen LogP contribution in [0.15, 0.2) is 48.5 Å². The molecular formula is C19H24O2S. The van der Waals surface area contributed by atoms with E-state index in [1.54, 1.807) is 0 Å². The molecule has 0 heterocycles. The van der Waals surface area contributed by atoms with Crippen molar-refractivity contribution < 1.29 is 9.84 Å². The second-order valence-corrected chi connectivity index (χ2v) is 6.50. The summed E-state index contributed by atoms with van der Waals surface area (Å²) in [6, 6.07) is 16.4. The molecule has 2 rings (SSSR count). The quantitative estimate of drug-likeness (QED) is 0.687. The van der Waals surface area contributed by atoms with Crippen LogP contribution >= 0.6 is 11.8 Å². The van der Waals surface area contributed by atoms with Gasteiger partial charge in [0.15, 0.2) is 0 Å². The average Bonchev–Trinajstić information content (AvgIpc) is 2.54. The molecule has 22 heavy (non-hydrogen) atoms. The topological polar surface area (TPSA) is 29.5 Å².